The quantitative estimate of drug-likeness (QED) is 0.724. The van der Waals surface area contributed by atoms with E-state index in [4.69, 9.17) is 5.73 Å². The molecule has 2 aromatic rings. The van der Waals surface area contributed by atoms with Gasteiger partial charge in [0.1, 0.15) is 5.82 Å². The molecule has 2 amide bonds. The van der Waals surface area contributed by atoms with Gasteiger partial charge in [-0.2, -0.15) is 0 Å². The third-order valence-electron chi connectivity index (χ3n) is 7.70. The van der Waals surface area contributed by atoms with Crippen molar-refractivity contribution in [1.82, 2.24) is 9.80 Å². The summed E-state index contributed by atoms with van der Waals surface area (Å²) in [6.07, 6.45) is 5.56. The molecule has 7 heteroatoms. The number of nitrogens with zero attached hydrogens (tertiary/aromatic N) is 3. The molecule has 0 radical (unpaired) electrons. The summed E-state index contributed by atoms with van der Waals surface area (Å²) < 4.78 is 14.1. The topological polar surface area (TPSA) is 69.9 Å². The van der Waals surface area contributed by atoms with Crippen molar-refractivity contribution in [2.75, 3.05) is 31.1 Å². The molecule has 0 saturated carbocycles. The number of anilines is 1. The summed E-state index contributed by atoms with van der Waals surface area (Å²) in [6.45, 7) is 6.87. The van der Waals surface area contributed by atoms with Crippen LogP contribution in [0.25, 0.3) is 0 Å². The molecule has 2 fully saturated rings. The Balaban J connectivity index is 1.24. The van der Waals surface area contributed by atoms with E-state index in [0.717, 1.165) is 51.6 Å². The van der Waals surface area contributed by atoms with E-state index in [1.54, 1.807) is 0 Å². The van der Waals surface area contributed by atoms with E-state index in [1.165, 1.54) is 36.6 Å². The van der Waals surface area contributed by atoms with Gasteiger partial charge in [0.15, 0.2) is 0 Å². The molecule has 34 heavy (non-hydrogen) atoms. The molecular formula is C27H33FN4O2. The minimum absolute atomic E-state index is 0.0135. The summed E-state index contributed by atoms with van der Waals surface area (Å²) in [5.74, 6) is -1.50. The molecule has 0 spiro atoms. The molecule has 3 aliphatic heterocycles. The van der Waals surface area contributed by atoms with Gasteiger partial charge in [0.05, 0.1) is 17.2 Å². The molecule has 5 rings (SSSR count). The molecule has 2 aromatic carbocycles. The van der Waals surface area contributed by atoms with Crippen LogP contribution < -0.4 is 10.6 Å². The fraction of sp³-hybridized carbons (Fsp3) is 0.481. The third-order valence-corrected chi connectivity index (χ3v) is 7.70. The number of hydrogen-bond acceptors (Lipinski definition) is 4. The van der Waals surface area contributed by atoms with Crippen molar-refractivity contribution in [3.05, 3.63) is 64.5 Å². The number of nitrogens with two attached hydrogens (primary N) is 1. The number of benzene rings is 2. The van der Waals surface area contributed by atoms with Crippen LogP contribution in [0.1, 0.15) is 76.9 Å². The van der Waals surface area contributed by atoms with E-state index < -0.39 is 11.7 Å². The lowest BCUT2D eigenvalue weighted by Crippen LogP contribution is -2.45. The van der Waals surface area contributed by atoms with Gasteiger partial charge >= 0.3 is 0 Å². The van der Waals surface area contributed by atoms with Crippen LogP contribution in [0.2, 0.25) is 0 Å². The molecule has 2 N–H and O–H groups in total. The number of halogens is 1. The Morgan fingerprint density at radius 1 is 1.06 bits per heavy atom. The number of fused-ring (bicyclic) bond motifs is 1. The summed E-state index contributed by atoms with van der Waals surface area (Å²) >= 11 is 0. The number of carbonyl (C=O) groups excluding carboxylic acids is 2. The van der Waals surface area contributed by atoms with Gasteiger partial charge in [-0.1, -0.05) is 12.1 Å². The molecule has 180 valence electrons. The largest absolute Gasteiger partial charge is 0.372 e. The van der Waals surface area contributed by atoms with Crippen LogP contribution in [-0.2, 0) is 6.54 Å². The standard InChI is InChI=1S/C27H33FN4O2/c1-18-23-15-20(28)16-24(26(29)33)25(23)27(34)32(18)21-8-12-30(13-9-21)17-19-6-5-7-22(14-19)31-10-3-2-4-11-31/h5-7,14-16,18,21H,2-4,8-13,17H2,1H3,(H2,29,33). The van der Waals surface area contributed by atoms with Gasteiger partial charge in [0.25, 0.3) is 5.91 Å². The Hall–Kier alpha value is -2.93. The van der Waals surface area contributed by atoms with E-state index in [2.05, 4.69) is 34.1 Å². The van der Waals surface area contributed by atoms with Gasteiger partial charge in [0.2, 0.25) is 5.91 Å². The second-order valence-electron chi connectivity index (χ2n) is 9.90. The zero-order chi connectivity index (χ0) is 23.8. The summed E-state index contributed by atoms with van der Waals surface area (Å²) in [5.41, 5.74) is 8.92. The predicted molar refractivity (Wildman–Crippen MR) is 130 cm³/mol. The highest BCUT2D eigenvalue weighted by Gasteiger charge is 2.41. The second kappa shape index (κ2) is 9.37. The zero-order valence-electron chi connectivity index (χ0n) is 19.8. The van der Waals surface area contributed by atoms with Crippen molar-refractivity contribution < 1.29 is 14.0 Å². The number of piperidine rings is 2. The van der Waals surface area contributed by atoms with Gasteiger partial charge < -0.3 is 15.5 Å². The number of amides is 2. The van der Waals surface area contributed by atoms with Crippen molar-refractivity contribution in [1.29, 1.82) is 0 Å². The minimum Gasteiger partial charge on any atom is -0.372 e. The van der Waals surface area contributed by atoms with Crippen molar-refractivity contribution in [3.8, 4) is 0 Å². The first-order valence-electron chi connectivity index (χ1n) is 12.4. The number of hydrogen-bond donors (Lipinski definition) is 1. The highest BCUT2D eigenvalue weighted by Crippen LogP contribution is 2.39. The van der Waals surface area contributed by atoms with Crippen molar-refractivity contribution in [2.45, 2.75) is 57.7 Å². The fourth-order valence-corrected chi connectivity index (χ4v) is 5.94. The third kappa shape index (κ3) is 4.29. The first-order valence-corrected chi connectivity index (χ1v) is 12.4. The van der Waals surface area contributed by atoms with Gasteiger partial charge in [0, 0.05) is 44.5 Å². The highest BCUT2D eigenvalue weighted by molar-refractivity contribution is 6.09. The zero-order valence-corrected chi connectivity index (χ0v) is 19.8. The van der Waals surface area contributed by atoms with E-state index in [-0.39, 0.29) is 29.1 Å². The van der Waals surface area contributed by atoms with Gasteiger partial charge in [-0.25, -0.2) is 4.39 Å². The lowest BCUT2D eigenvalue weighted by Gasteiger charge is -2.39. The fourth-order valence-electron chi connectivity index (χ4n) is 5.94. The molecule has 0 aromatic heterocycles. The molecule has 1 atom stereocenters. The monoisotopic (exact) mass is 464 g/mol. The smallest absolute Gasteiger partial charge is 0.255 e. The molecular weight excluding hydrogens is 431 g/mol. The Bertz CT molecular complexity index is 1090. The van der Waals surface area contributed by atoms with Crippen LogP contribution >= 0.6 is 0 Å². The summed E-state index contributed by atoms with van der Waals surface area (Å²) in [4.78, 5) is 31.9. The van der Waals surface area contributed by atoms with E-state index in [9.17, 15) is 14.0 Å². The van der Waals surface area contributed by atoms with E-state index >= 15 is 0 Å². The number of primary amides is 1. The predicted octanol–water partition coefficient (Wildman–Crippen LogP) is 4.10. The molecule has 0 bridgehead atoms. The number of likely N-dealkylation sites (tertiary alicyclic amines) is 1. The van der Waals surface area contributed by atoms with Crippen LogP contribution in [0.3, 0.4) is 0 Å². The molecule has 0 aliphatic carbocycles. The maximum Gasteiger partial charge on any atom is 0.255 e. The first-order chi connectivity index (χ1) is 16.4. The van der Waals surface area contributed by atoms with Crippen LogP contribution in [-0.4, -0.2) is 53.8 Å². The summed E-state index contributed by atoms with van der Waals surface area (Å²) in [7, 11) is 0. The lowest BCUT2D eigenvalue weighted by molar-refractivity contribution is 0.0510. The van der Waals surface area contributed by atoms with Crippen molar-refractivity contribution in [3.63, 3.8) is 0 Å². The summed E-state index contributed by atoms with van der Waals surface area (Å²) in [5, 5.41) is 0. The van der Waals surface area contributed by atoms with Crippen LogP contribution in [0, 0.1) is 5.82 Å². The van der Waals surface area contributed by atoms with Crippen LogP contribution in [0.15, 0.2) is 36.4 Å². The average molecular weight is 465 g/mol. The maximum atomic E-state index is 14.1. The Morgan fingerprint density at radius 2 is 1.79 bits per heavy atom. The van der Waals surface area contributed by atoms with Gasteiger partial charge in [-0.15, -0.1) is 0 Å². The second-order valence-corrected chi connectivity index (χ2v) is 9.90. The highest BCUT2D eigenvalue weighted by atomic mass is 19.1. The summed E-state index contributed by atoms with van der Waals surface area (Å²) in [6, 6.07) is 11.1. The SMILES string of the molecule is CC1c2cc(F)cc(C(N)=O)c2C(=O)N1C1CCN(Cc2cccc(N3CCCCC3)c2)CC1. The maximum absolute atomic E-state index is 14.1. The van der Waals surface area contributed by atoms with Crippen LogP contribution in [0.5, 0.6) is 0 Å². The van der Waals surface area contributed by atoms with Crippen molar-refractivity contribution >= 4 is 17.5 Å². The van der Waals surface area contributed by atoms with E-state index in [0.29, 0.717) is 5.56 Å². The molecule has 3 aliphatic rings. The van der Waals surface area contributed by atoms with Crippen LogP contribution in [0.4, 0.5) is 10.1 Å². The van der Waals surface area contributed by atoms with Crippen molar-refractivity contribution in [2.24, 2.45) is 5.73 Å². The van der Waals surface area contributed by atoms with Gasteiger partial charge in [-0.05, 0) is 74.4 Å². The molecule has 3 heterocycles. The lowest BCUT2D eigenvalue weighted by atomic mass is 9.99. The Labute approximate surface area is 200 Å². The number of rotatable bonds is 5. The molecule has 2 saturated heterocycles. The van der Waals surface area contributed by atoms with Gasteiger partial charge in [-0.3, -0.25) is 14.5 Å². The molecule has 1 unspecified atom stereocenters. The first kappa shape index (κ1) is 22.8. The number of carbonyl (C=O) groups is 2. The van der Waals surface area contributed by atoms with E-state index in [1.807, 2.05) is 11.8 Å². The average Bonchev–Trinajstić information content (AvgIpc) is 3.09. The minimum atomic E-state index is -0.764. The Morgan fingerprint density at radius 3 is 2.50 bits per heavy atom. The molecule has 6 nitrogen and oxygen atoms in total. The normalized spacial score (nSPS) is 21.7. The Kier molecular flexibility index (Phi) is 6.30.